The van der Waals surface area contributed by atoms with Gasteiger partial charge >= 0.3 is 0 Å². The number of nitrogens with zero attached hydrogens (tertiary/aromatic N) is 1. The largest absolute Gasteiger partial charge is 0.340 e. The Balaban J connectivity index is 2.38. The van der Waals surface area contributed by atoms with Crippen LogP contribution < -0.4 is 10.2 Å². The van der Waals surface area contributed by atoms with Gasteiger partial charge in [-0.15, -0.1) is 0 Å². The van der Waals surface area contributed by atoms with Crippen molar-refractivity contribution in [1.29, 1.82) is 0 Å². The molecule has 1 aliphatic rings. The molecule has 2 rings (SSSR count). The molecule has 0 spiro atoms. The van der Waals surface area contributed by atoms with Crippen LogP contribution in [0.25, 0.3) is 0 Å². The fraction of sp³-hybridized carbons (Fsp3) is 0.385. The van der Waals surface area contributed by atoms with Gasteiger partial charge in [-0.2, -0.15) is 0 Å². The first-order valence-electron chi connectivity index (χ1n) is 5.85. The SMILES string of the molecule is CCC1(C)NC(=O)CN(c2cccc(Br)c2)C1=O. The average molecular weight is 311 g/mol. The first-order valence-corrected chi connectivity index (χ1v) is 6.64. The Morgan fingerprint density at radius 1 is 1.44 bits per heavy atom. The lowest BCUT2D eigenvalue weighted by Gasteiger charge is -2.39. The number of nitrogens with one attached hydrogen (secondary N) is 1. The van der Waals surface area contributed by atoms with E-state index in [1.54, 1.807) is 6.92 Å². The van der Waals surface area contributed by atoms with E-state index in [-0.39, 0.29) is 18.4 Å². The number of piperazine rings is 1. The van der Waals surface area contributed by atoms with E-state index in [9.17, 15) is 9.59 Å². The summed E-state index contributed by atoms with van der Waals surface area (Å²) in [6.45, 7) is 3.73. The molecule has 4 nitrogen and oxygen atoms in total. The molecule has 0 bridgehead atoms. The minimum Gasteiger partial charge on any atom is -0.340 e. The van der Waals surface area contributed by atoms with Crippen molar-refractivity contribution in [2.45, 2.75) is 25.8 Å². The standard InChI is InChI=1S/C13H15BrN2O2/c1-3-13(2)12(18)16(8-11(17)15-13)10-6-4-5-9(14)7-10/h4-7H,3,8H2,1-2H3,(H,15,17). The highest BCUT2D eigenvalue weighted by atomic mass is 79.9. The van der Waals surface area contributed by atoms with Crippen molar-refractivity contribution < 1.29 is 9.59 Å². The number of carbonyl (C=O) groups excluding carboxylic acids is 2. The second kappa shape index (κ2) is 4.72. The first-order chi connectivity index (χ1) is 8.46. The molecule has 0 radical (unpaired) electrons. The number of hydrogen-bond donors (Lipinski definition) is 1. The molecule has 5 heteroatoms. The molecule has 1 fully saturated rings. The molecule has 0 aliphatic carbocycles. The summed E-state index contributed by atoms with van der Waals surface area (Å²) in [4.78, 5) is 25.7. The molecule has 1 aliphatic heterocycles. The van der Waals surface area contributed by atoms with E-state index in [0.717, 1.165) is 10.2 Å². The van der Waals surface area contributed by atoms with E-state index in [1.165, 1.54) is 4.90 Å². The number of amides is 2. The van der Waals surface area contributed by atoms with Gasteiger partial charge in [-0.05, 0) is 31.5 Å². The zero-order valence-electron chi connectivity index (χ0n) is 10.4. The average Bonchev–Trinajstić information content (AvgIpc) is 2.34. The van der Waals surface area contributed by atoms with Gasteiger partial charge in [0.2, 0.25) is 5.91 Å². The van der Waals surface area contributed by atoms with Crippen LogP contribution >= 0.6 is 15.9 Å². The number of rotatable bonds is 2. The van der Waals surface area contributed by atoms with Crippen LogP contribution in [0.3, 0.4) is 0 Å². The van der Waals surface area contributed by atoms with Gasteiger partial charge in [-0.25, -0.2) is 0 Å². The maximum absolute atomic E-state index is 12.4. The molecular formula is C13H15BrN2O2. The van der Waals surface area contributed by atoms with Crippen LogP contribution in [-0.4, -0.2) is 23.9 Å². The number of anilines is 1. The second-order valence-corrected chi connectivity index (χ2v) is 5.52. The third-order valence-electron chi connectivity index (χ3n) is 3.26. The van der Waals surface area contributed by atoms with Crippen LogP contribution in [0.4, 0.5) is 5.69 Å². The zero-order valence-corrected chi connectivity index (χ0v) is 12.0. The molecule has 0 aromatic heterocycles. The normalized spacial score (nSPS) is 24.1. The third-order valence-corrected chi connectivity index (χ3v) is 3.75. The highest BCUT2D eigenvalue weighted by Crippen LogP contribution is 2.26. The lowest BCUT2D eigenvalue weighted by Crippen LogP contribution is -2.65. The predicted molar refractivity (Wildman–Crippen MR) is 73.3 cm³/mol. The lowest BCUT2D eigenvalue weighted by atomic mass is 9.94. The molecule has 1 aromatic rings. The summed E-state index contributed by atoms with van der Waals surface area (Å²) >= 11 is 3.37. The predicted octanol–water partition coefficient (Wildman–Crippen LogP) is 2.08. The molecular weight excluding hydrogens is 296 g/mol. The summed E-state index contributed by atoms with van der Waals surface area (Å²) in [5, 5.41) is 2.76. The van der Waals surface area contributed by atoms with Crippen molar-refractivity contribution in [3.8, 4) is 0 Å². The van der Waals surface area contributed by atoms with Crippen LogP contribution in [0.5, 0.6) is 0 Å². The zero-order chi connectivity index (χ0) is 13.3. The van der Waals surface area contributed by atoms with Gasteiger partial charge in [0.25, 0.3) is 5.91 Å². The van der Waals surface area contributed by atoms with Gasteiger partial charge in [-0.1, -0.05) is 28.9 Å². The summed E-state index contributed by atoms with van der Waals surface area (Å²) in [6, 6.07) is 7.41. The van der Waals surface area contributed by atoms with Crippen LogP contribution in [0.1, 0.15) is 20.3 Å². The topological polar surface area (TPSA) is 49.4 Å². The molecule has 1 unspecified atom stereocenters. The van der Waals surface area contributed by atoms with Gasteiger partial charge in [0.1, 0.15) is 12.1 Å². The molecule has 2 amide bonds. The van der Waals surface area contributed by atoms with Gasteiger partial charge in [0.05, 0.1) is 0 Å². The minimum atomic E-state index is -0.808. The van der Waals surface area contributed by atoms with E-state index in [2.05, 4.69) is 21.2 Å². The van der Waals surface area contributed by atoms with Crippen LogP contribution in [0.2, 0.25) is 0 Å². The summed E-state index contributed by atoms with van der Waals surface area (Å²) in [7, 11) is 0. The number of hydrogen-bond acceptors (Lipinski definition) is 2. The summed E-state index contributed by atoms with van der Waals surface area (Å²) in [6.07, 6.45) is 0.572. The molecule has 1 N–H and O–H groups in total. The Morgan fingerprint density at radius 3 is 2.78 bits per heavy atom. The number of carbonyl (C=O) groups is 2. The molecule has 1 atom stereocenters. The molecule has 1 saturated heterocycles. The molecule has 96 valence electrons. The van der Waals surface area contributed by atoms with Crippen molar-refractivity contribution >= 4 is 33.4 Å². The van der Waals surface area contributed by atoms with Crippen LogP contribution in [-0.2, 0) is 9.59 Å². The van der Waals surface area contributed by atoms with Crippen molar-refractivity contribution in [3.05, 3.63) is 28.7 Å². The highest BCUT2D eigenvalue weighted by Gasteiger charge is 2.42. The summed E-state index contributed by atoms with van der Waals surface area (Å²) in [5.41, 5.74) is -0.0682. The van der Waals surface area contributed by atoms with Crippen molar-refractivity contribution in [2.75, 3.05) is 11.4 Å². The van der Waals surface area contributed by atoms with Crippen LogP contribution in [0.15, 0.2) is 28.7 Å². The third kappa shape index (κ3) is 2.27. The first kappa shape index (κ1) is 13.1. The Labute approximate surface area is 114 Å². The number of benzene rings is 1. The van der Waals surface area contributed by atoms with E-state index in [4.69, 9.17) is 0 Å². The maximum Gasteiger partial charge on any atom is 0.252 e. The monoisotopic (exact) mass is 310 g/mol. The minimum absolute atomic E-state index is 0.0669. The summed E-state index contributed by atoms with van der Waals surface area (Å²) < 4.78 is 0.886. The van der Waals surface area contributed by atoms with Gasteiger partial charge < -0.3 is 10.2 Å². The Kier molecular flexibility index (Phi) is 3.43. The van der Waals surface area contributed by atoms with E-state index >= 15 is 0 Å². The Bertz CT molecular complexity index is 504. The van der Waals surface area contributed by atoms with E-state index in [1.807, 2.05) is 31.2 Å². The lowest BCUT2D eigenvalue weighted by molar-refractivity contribution is -0.135. The fourth-order valence-corrected chi connectivity index (χ4v) is 2.39. The molecule has 18 heavy (non-hydrogen) atoms. The fourth-order valence-electron chi connectivity index (χ4n) is 2.01. The molecule has 1 heterocycles. The smallest absolute Gasteiger partial charge is 0.252 e. The maximum atomic E-state index is 12.4. The van der Waals surface area contributed by atoms with Crippen LogP contribution in [0, 0.1) is 0 Å². The Morgan fingerprint density at radius 2 is 2.17 bits per heavy atom. The number of halogens is 1. The van der Waals surface area contributed by atoms with Crippen molar-refractivity contribution in [3.63, 3.8) is 0 Å². The van der Waals surface area contributed by atoms with Gasteiger partial charge in [-0.3, -0.25) is 9.59 Å². The van der Waals surface area contributed by atoms with Gasteiger partial charge in [0, 0.05) is 10.2 Å². The second-order valence-electron chi connectivity index (χ2n) is 4.61. The van der Waals surface area contributed by atoms with Crippen molar-refractivity contribution in [1.82, 2.24) is 5.32 Å². The van der Waals surface area contributed by atoms with E-state index in [0.29, 0.717) is 6.42 Å². The quantitative estimate of drug-likeness (QED) is 0.909. The van der Waals surface area contributed by atoms with E-state index < -0.39 is 5.54 Å². The molecule has 0 saturated carbocycles. The highest BCUT2D eigenvalue weighted by molar-refractivity contribution is 9.10. The summed E-state index contributed by atoms with van der Waals surface area (Å²) in [5.74, 6) is -0.193. The molecule has 1 aromatic carbocycles. The van der Waals surface area contributed by atoms with Gasteiger partial charge in [0.15, 0.2) is 0 Å². The van der Waals surface area contributed by atoms with Crippen molar-refractivity contribution in [2.24, 2.45) is 0 Å². The Hall–Kier alpha value is -1.36.